The highest BCUT2D eigenvalue weighted by molar-refractivity contribution is 6.00. The van der Waals surface area contributed by atoms with E-state index in [9.17, 15) is 68.1 Å². The largest absolute Gasteiger partial charge is 0.480 e. The number of carbonyl (C=O) groups is 12. The van der Waals surface area contributed by atoms with Crippen LogP contribution in [0.1, 0.15) is 111 Å². The lowest BCUT2D eigenvalue weighted by atomic mass is 9.95. The summed E-state index contributed by atoms with van der Waals surface area (Å²) in [7, 11) is 0. The van der Waals surface area contributed by atoms with Crippen LogP contribution in [0.3, 0.4) is 0 Å². The molecule has 21 N–H and O–H groups in total. The minimum absolute atomic E-state index is 0.00897. The van der Waals surface area contributed by atoms with Gasteiger partial charge in [-0.2, -0.15) is 0 Å². The molecule has 0 radical (unpaired) electrons. The molecule has 1 aliphatic heterocycles. The van der Waals surface area contributed by atoms with Gasteiger partial charge in [0.05, 0.1) is 25.7 Å². The maximum absolute atomic E-state index is 15.1. The van der Waals surface area contributed by atoms with Gasteiger partial charge in [0.25, 0.3) is 0 Å². The van der Waals surface area contributed by atoms with Gasteiger partial charge in [0.2, 0.25) is 65.0 Å². The van der Waals surface area contributed by atoms with E-state index in [4.69, 9.17) is 22.9 Å². The van der Waals surface area contributed by atoms with E-state index >= 15 is 4.79 Å². The Hall–Kier alpha value is -8.45. The number of aromatic nitrogens is 1. The van der Waals surface area contributed by atoms with Crippen molar-refractivity contribution in [3.05, 3.63) is 36.0 Å². The van der Waals surface area contributed by atoms with Gasteiger partial charge in [-0.15, -0.1) is 0 Å². The quantitative estimate of drug-likeness (QED) is 0.0172. The Labute approximate surface area is 498 Å². The van der Waals surface area contributed by atoms with Crippen molar-refractivity contribution in [2.75, 3.05) is 32.8 Å². The maximum Gasteiger partial charge on any atom is 0.326 e. The van der Waals surface area contributed by atoms with Gasteiger partial charge in [-0.25, -0.2) is 4.79 Å². The van der Waals surface area contributed by atoms with Gasteiger partial charge in [0.1, 0.15) is 54.4 Å². The van der Waals surface area contributed by atoms with E-state index in [1.165, 1.54) is 18.7 Å². The molecule has 0 bridgehead atoms. The average Bonchev–Trinajstić information content (AvgIpc) is 3.04. The Morgan fingerprint density at radius 3 is 1.76 bits per heavy atom. The summed E-state index contributed by atoms with van der Waals surface area (Å²) >= 11 is 0. The number of nitrogens with one attached hydrogen (secondary N) is 10. The summed E-state index contributed by atoms with van der Waals surface area (Å²) in [6, 6.07) is -7.32. The fourth-order valence-electron chi connectivity index (χ4n) is 9.34. The number of likely N-dealkylation sites (tertiary alicyclic amines) is 1. The van der Waals surface area contributed by atoms with Gasteiger partial charge in [-0.3, -0.25) is 57.7 Å². The topological polar surface area (TPSA) is 509 Å². The summed E-state index contributed by atoms with van der Waals surface area (Å²) in [4.78, 5) is 169. The van der Waals surface area contributed by atoms with Crippen molar-refractivity contribution >= 4 is 87.8 Å². The molecule has 1 fully saturated rings. The Balaban J connectivity index is 1.99. The standard InChI is InChI=1S/C55H88N16O15/c1-7-28(3)43(52(83)70-44(54(85)86)29(4)8-2)69-50(81)40(27-73)67-47(78)35(17-11-12-20-60-31(6)74)64-51(82)41-19-14-22-71(41)53(84)38(23-32-25-62-34-16-10-9-15-33(32)34)66-46(77)36(18-13-21-61-55(58)59)63-49(80)39(26-72)68-48(79)37(24-42(57)75)65-45(76)30(5)56/h9-10,15-16,25,28-30,35-41,43-44,62,72-73H,7-8,11-14,17-24,26-27,56H2,1-6H3,(H2,57,75)(H,60,74)(H,63,80)(H,64,82)(H,65,76)(H,66,77)(H,67,78)(H,68,79)(H,69,81)(H,70,83)(H,85,86)(H4,58,59,61)/t28-,29-,30-,35-,36-,37-,38-,39-,40-,41-,43-,44-/m0/s1. The van der Waals surface area contributed by atoms with Crippen molar-refractivity contribution in [2.24, 2.45) is 39.8 Å². The van der Waals surface area contributed by atoms with E-state index in [0.29, 0.717) is 35.7 Å². The number of carboxylic acids is 1. The lowest BCUT2D eigenvalue weighted by Gasteiger charge is -2.31. The zero-order chi connectivity index (χ0) is 64.4. The smallest absolute Gasteiger partial charge is 0.326 e. The number of aromatic amines is 1. The number of hydrogen-bond acceptors (Lipinski definition) is 16. The number of H-pyrrole nitrogens is 1. The first-order valence-electron chi connectivity index (χ1n) is 28.7. The fourth-order valence-corrected chi connectivity index (χ4v) is 9.34. The van der Waals surface area contributed by atoms with Crippen LogP contribution in [0.25, 0.3) is 10.9 Å². The summed E-state index contributed by atoms with van der Waals surface area (Å²) in [5.41, 5.74) is 23.2. The molecule has 12 atom stereocenters. The van der Waals surface area contributed by atoms with Crippen LogP contribution in [-0.2, 0) is 64.0 Å². The molecule has 11 amide bonds. The van der Waals surface area contributed by atoms with Gasteiger partial charge in [0, 0.05) is 50.1 Å². The second-order valence-electron chi connectivity index (χ2n) is 21.5. The molecular weight excluding hydrogens is 1120 g/mol. The number of unbranched alkanes of at least 4 members (excludes halogenated alkanes) is 1. The number of rotatable bonds is 37. The lowest BCUT2D eigenvalue weighted by Crippen LogP contribution is -2.61. The van der Waals surface area contributed by atoms with Crippen LogP contribution in [0.2, 0.25) is 0 Å². The average molecular weight is 1210 g/mol. The van der Waals surface area contributed by atoms with Gasteiger partial charge < -0.3 is 96.0 Å². The molecule has 1 saturated heterocycles. The van der Waals surface area contributed by atoms with Crippen LogP contribution in [0.15, 0.2) is 35.5 Å². The number of carboxylic acid groups (broad SMARTS) is 1. The van der Waals surface area contributed by atoms with Gasteiger partial charge >= 0.3 is 5.97 Å². The van der Waals surface area contributed by atoms with Gasteiger partial charge in [-0.05, 0) is 75.3 Å². The summed E-state index contributed by atoms with van der Waals surface area (Å²) in [5.74, 6) is -12.2. The number of fused-ring (bicyclic) bond motifs is 1. The highest BCUT2D eigenvalue weighted by Crippen LogP contribution is 2.24. The molecule has 1 aliphatic rings. The number of hydrogen-bond donors (Lipinski definition) is 17. The number of carbonyl (C=O) groups excluding carboxylic acids is 11. The van der Waals surface area contributed by atoms with Crippen molar-refractivity contribution in [3.8, 4) is 0 Å². The second kappa shape index (κ2) is 35.8. The number of primary amides is 1. The molecule has 0 unspecified atom stereocenters. The Bertz CT molecular complexity index is 2720. The number of guanidine groups is 1. The minimum Gasteiger partial charge on any atom is -0.480 e. The molecule has 2 aromatic rings. The van der Waals surface area contributed by atoms with E-state index < -0.39 is 157 Å². The molecule has 0 saturated carbocycles. The molecule has 31 heteroatoms. The van der Waals surface area contributed by atoms with E-state index in [1.54, 1.807) is 58.2 Å². The summed E-state index contributed by atoms with van der Waals surface area (Å²) in [6.45, 7) is 7.58. The third kappa shape index (κ3) is 22.5. The molecule has 0 spiro atoms. The van der Waals surface area contributed by atoms with Crippen molar-refractivity contribution in [3.63, 3.8) is 0 Å². The number of aliphatic imine (C=N–C) groups is 1. The second-order valence-corrected chi connectivity index (χ2v) is 21.5. The Morgan fingerprint density at radius 1 is 0.663 bits per heavy atom. The first-order valence-corrected chi connectivity index (χ1v) is 28.7. The van der Waals surface area contributed by atoms with Gasteiger partial charge in [0.15, 0.2) is 5.96 Å². The lowest BCUT2D eigenvalue weighted by molar-refractivity contribution is -0.144. The summed E-state index contributed by atoms with van der Waals surface area (Å²) in [6.07, 6.45) is 2.23. The van der Waals surface area contributed by atoms with Crippen LogP contribution >= 0.6 is 0 Å². The molecule has 1 aromatic carbocycles. The maximum atomic E-state index is 15.1. The third-order valence-corrected chi connectivity index (χ3v) is 14.7. The highest BCUT2D eigenvalue weighted by atomic mass is 16.4. The summed E-state index contributed by atoms with van der Waals surface area (Å²) in [5, 5.41) is 53.8. The molecule has 86 heavy (non-hydrogen) atoms. The number of amides is 11. The Morgan fingerprint density at radius 2 is 1.19 bits per heavy atom. The van der Waals surface area contributed by atoms with Crippen molar-refractivity contribution in [1.82, 2.24) is 57.7 Å². The predicted molar refractivity (Wildman–Crippen MR) is 313 cm³/mol. The minimum atomic E-state index is -1.78. The Kier molecular flexibility index (Phi) is 29.9. The zero-order valence-electron chi connectivity index (χ0n) is 49.6. The molecule has 478 valence electrons. The van der Waals surface area contributed by atoms with E-state index in [0.717, 1.165) is 0 Å². The van der Waals surface area contributed by atoms with Gasteiger partial charge in [-0.1, -0.05) is 58.7 Å². The number of nitrogens with zero attached hydrogens (tertiary/aromatic N) is 2. The van der Waals surface area contributed by atoms with Crippen LogP contribution in [0, 0.1) is 11.8 Å². The zero-order valence-corrected chi connectivity index (χ0v) is 49.6. The van der Waals surface area contributed by atoms with E-state index in [-0.39, 0.29) is 76.4 Å². The van der Waals surface area contributed by atoms with Crippen LogP contribution in [0.5, 0.6) is 0 Å². The fraction of sp³-hybridized carbons (Fsp3) is 0.618. The summed E-state index contributed by atoms with van der Waals surface area (Å²) < 4.78 is 0. The number of nitrogens with two attached hydrogens (primary N) is 4. The van der Waals surface area contributed by atoms with Crippen LogP contribution in [-0.4, -0.2) is 195 Å². The number of aliphatic carboxylic acids is 1. The van der Waals surface area contributed by atoms with E-state index in [2.05, 4.69) is 57.8 Å². The first kappa shape index (κ1) is 71.8. The number of aliphatic hydroxyl groups is 2. The molecule has 1 aromatic heterocycles. The first-order chi connectivity index (χ1) is 40.7. The normalized spacial score (nSPS) is 16.8. The number of para-hydroxylation sites is 1. The third-order valence-electron chi connectivity index (χ3n) is 14.7. The van der Waals surface area contributed by atoms with Crippen LogP contribution in [0.4, 0.5) is 0 Å². The number of aliphatic hydroxyl groups excluding tert-OH is 2. The van der Waals surface area contributed by atoms with Crippen molar-refractivity contribution in [2.45, 2.75) is 173 Å². The highest BCUT2D eigenvalue weighted by Gasteiger charge is 2.41. The SMILES string of the molecule is CC[C@H](C)[C@H](NC(=O)[C@@H](NC(=O)[C@H](CO)NC(=O)[C@H](CCCCNC(C)=O)NC(=O)[C@@H]1CCCN1C(=O)[C@H](Cc1c[nH]c2ccccc12)NC(=O)[C@H](CCCN=C(N)N)NC(=O)[C@H](CO)NC(=O)[C@H](CC(N)=O)NC(=O)[C@H](C)N)[C@@H](C)CC)C(=O)O. The number of benzene rings is 1. The molecular formula is C55H88N16O15. The molecule has 2 heterocycles. The molecule has 31 nitrogen and oxygen atoms in total. The molecule has 0 aliphatic carbocycles. The van der Waals surface area contributed by atoms with E-state index in [1.807, 2.05) is 0 Å². The van der Waals surface area contributed by atoms with Crippen molar-refractivity contribution in [1.29, 1.82) is 0 Å². The van der Waals surface area contributed by atoms with Crippen LogP contribution < -0.4 is 70.8 Å². The van der Waals surface area contributed by atoms with Crippen molar-refractivity contribution < 1.29 is 72.9 Å². The molecule has 3 rings (SSSR count). The monoisotopic (exact) mass is 1210 g/mol. The predicted octanol–water partition coefficient (Wildman–Crippen LogP) is -4.68.